The fourth-order valence-electron chi connectivity index (χ4n) is 3.16. The molecule has 2 aliphatic heterocycles. The standard InChI is InChI=1S/C15H19N3OS2/c16-10-1-2-12-13(7-10)18-14(17-12)21-11-3-5-19-15(8-11)4-6-20-9-15/h1-2,7,11H,3-6,8-9,16H2,(H,17,18). The maximum absolute atomic E-state index is 6.09. The second-order valence-corrected chi connectivity index (χ2v) is 8.28. The van der Waals surface area contributed by atoms with Gasteiger partial charge in [0.25, 0.3) is 0 Å². The van der Waals surface area contributed by atoms with E-state index in [-0.39, 0.29) is 5.60 Å². The number of benzene rings is 1. The van der Waals surface area contributed by atoms with Crippen LogP contribution in [0.4, 0.5) is 5.69 Å². The van der Waals surface area contributed by atoms with Crippen LogP contribution in [0.15, 0.2) is 23.4 Å². The molecule has 2 aromatic rings. The van der Waals surface area contributed by atoms with Crippen LogP contribution < -0.4 is 5.73 Å². The molecule has 2 saturated heterocycles. The second-order valence-electron chi connectivity index (χ2n) is 5.89. The third-order valence-corrected chi connectivity index (χ3v) is 6.65. The van der Waals surface area contributed by atoms with Crippen molar-refractivity contribution in [3.05, 3.63) is 18.2 Å². The molecule has 2 aliphatic rings. The molecule has 1 aromatic carbocycles. The molecule has 6 heteroatoms. The van der Waals surface area contributed by atoms with Crippen molar-refractivity contribution in [1.82, 2.24) is 9.97 Å². The first-order valence-corrected chi connectivity index (χ1v) is 9.40. The van der Waals surface area contributed by atoms with Crippen LogP contribution in [0.25, 0.3) is 11.0 Å². The van der Waals surface area contributed by atoms with Gasteiger partial charge in [-0.1, -0.05) is 11.8 Å². The van der Waals surface area contributed by atoms with Crippen LogP contribution in [0.1, 0.15) is 19.3 Å². The van der Waals surface area contributed by atoms with Gasteiger partial charge in [0.2, 0.25) is 0 Å². The summed E-state index contributed by atoms with van der Waals surface area (Å²) < 4.78 is 6.09. The Morgan fingerprint density at radius 3 is 3.29 bits per heavy atom. The maximum Gasteiger partial charge on any atom is 0.166 e. The number of nitrogens with one attached hydrogen (secondary N) is 1. The quantitative estimate of drug-likeness (QED) is 0.831. The number of nitrogens with zero attached hydrogens (tertiary/aromatic N) is 1. The molecule has 1 spiro atoms. The molecule has 3 N–H and O–H groups in total. The number of aromatic amines is 1. The lowest BCUT2D eigenvalue weighted by molar-refractivity contribution is -0.0562. The predicted octanol–water partition coefficient (Wildman–Crippen LogP) is 3.29. The van der Waals surface area contributed by atoms with Crippen LogP contribution in [-0.2, 0) is 4.74 Å². The second kappa shape index (κ2) is 5.41. The highest BCUT2D eigenvalue weighted by Gasteiger charge is 2.40. The van der Waals surface area contributed by atoms with Gasteiger partial charge in [0, 0.05) is 23.3 Å². The van der Waals surface area contributed by atoms with E-state index in [2.05, 4.69) is 9.97 Å². The van der Waals surface area contributed by atoms with E-state index in [4.69, 9.17) is 10.5 Å². The zero-order valence-electron chi connectivity index (χ0n) is 11.8. The molecule has 2 fully saturated rings. The van der Waals surface area contributed by atoms with Gasteiger partial charge in [0.15, 0.2) is 5.16 Å². The summed E-state index contributed by atoms with van der Waals surface area (Å²) in [5.74, 6) is 2.39. The molecule has 2 unspecified atom stereocenters. The summed E-state index contributed by atoms with van der Waals surface area (Å²) in [6.07, 6.45) is 3.45. The smallest absolute Gasteiger partial charge is 0.166 e. The summed E-state index contributed by atoms with van der Waals surface area (Å²) in [6.45, 7) is 0.880. The van der Waals surface area contributed by atoms with Crippen molar-refractivity contribution in [2.75, 3.05) is 23.8 Å². The summed E-state index contributed by atoms with van der Waals surface area (Å²) in [4.78, 5) is 8.06. The minimum atomic E-state index is 0.136. The number of hydrogen-bond acceptors (Lipinski definition) is 5. The summed E-state index contributed by atoms with van der Waals surface area (Å²) in [6, 6.07) is 5.83. The minimum absolute atomic E-state index is 0.136. The van der Waals surface area contributed by atoms with Crippen molar-refractivity contribution in [2.24, 2.45) is 0 Å². The van der Waals surface area contributed by atoms with Crippen molar-refractivity contribution in [3.8, 4) is 0 Å². The van der Waals surface area contributed by atoms with Gasteiger partial charge in [-0.05, 0) is 43.2 Å². The molecule has 0 amide bonds. The van der Waals surface area contributed by atoms with Crippen LogP contribution >= 0.6 is 23.5 Å². The molecule has 112 valence electrons. The Bertz CT molecular complexity index is 651. The first kappa shape index (κ1) is 13.8. The summed E-state index contributed by atoms with van der Waals surface area (Å²) in [5.41, 5.74) is 8.75. The van der Waals surface area contributed by atoms with Gasteiger partial charge in [0.05, 0.1) is 16.6 Å². The SMILES string of the molecule is Nc1ccc2nc(SC3CCOC4(CCSC4)C3)[nH]c2c1. The number of ether oxygens (including phenoxy) is 1. The lowest BCUT2D eigenvalue weighted by Gasteiger charge is -2.37. The van der Waals surface area contributed by atoms with E-state index in [1.165, 1.54) is 12.2 Å². The van der Waals surface area contributed by atoms with Gasteiger partial charge in [-0.3, -0.25) is 0 Å². The molecule has 2 atom stereocenters. The molecule has 0 bridgehead atoms. The van der Waals surface area contributed by atoms with Gasteiger partial charge < -0.3 is 15.5 Å². The lowest BCUT2D eigenvalue weighted by Crippen LogP contribution is -2.40. The van der Waals surface area contributed by atoms with Crippen LogP contribution in [0.3, 0.4) is 0 Å². The van der Waals surface area contributed by atoms with Crippen molar-refractivity contribution >= 4 is 40.2 Å². The van der Waals surface area contributed by atoms with Crippen molar-refractivity contribution in [2.45, 2.75) is 35.3 Å². The summed E-state index contributed by atoms with van der Waals surface area (Å²) in [5, 5.41) is 1.60. The number of fused-ring (bicyclic) bond motifs is 1. The monoisotopic (exact) mass is 321 g/mol. The highest BCUT2D eigenvalue weighted by atomic mass is 32.2. The van der Waals surface area contributed by atoms with E-state index in [1.807, 2.05) is 41.7 Å². The summed E-state index contributed by atoms with van der Waals surface area (Å²) >= 11 is 3.88. The van der Waals surface area contributed by atoms with Crippen molar-refractivity contribution in [1.29, 1.82) is 0 Å². The molecular weight excluding hydrogens is 302 g/mol. The van der Waals surface area contributed by atoms with E-state index >= 15 is 0 Å². The Morgan fingerprint density at radius 1 is 1.48 bits per heavy atom. The third kappa shape index (κ3) is 2.76. The van der Waals surface area contributed by atoms with Gasteiger partial charge in [-0.25, -0.2) is 4.98 Å². The fourth-order valence-corrected chi connectivity index (χ4v) is 5.78. The number of imidazole rings is 1. The van der Waals surface area contributed by atoms with Gasteiger partial charge in [-0.15, -0.1) is 0 Å². The van der Waals surface area contributed by atoms with E-state index in [9.17, 15) is 0 Å². The molecule has 21 heavy (non-hydrogen) atoms. The van der Waals surface area contributed by atoms with Crippen LogP contribution in [-0.4, -0.2) is 38.9 Å². The molecule has 0 radical (unpaired) electrons. The number of aromatic nitrogens is 2. The normalized spacial score (nSPS) is 29.4. The molecular formula is C15H19N3OS2. The zero-order valence-corrected chi connectivity index (χ0v) is 13.4. The number of nitrogen functional groups attached to an aromatic ring is 1. The number of nitrogens with two attached hydrogens (primary N) is 1. The largest absolute Gasteiger partial charge is 0.399 e. The first-order valence-electron chi connectivity index (χ1n) is 7.36. The first-order chi connectivity index (χ1) is 10.2. The molecule has 3 heterocycles. The lowest BCUT2D eigenvalue weighted by atomic mass is 9.93. The molecule has 0 aliphatic carbocycles. The number of anilines is 1. The highest BCUT2D eigenvalue weighted by molar-refractivity contribution is 8.00. The Hall–Kier alpha value is -0.850. The van der Waals surface area contributed by atoms with Crippen LogP contribution in [0.2, 0.25) is 0 Å². The average molecular weight is 321 g/mol. The zero-order chi connectivity index (χ0) is 14.3. The Kier molecular flexibility index (Phi) is 3.55. The average Bonchev–Trinajstić information content (AvgIpc) is 3.05. The van der Waals surface area contributed by atoms with Gasteiger partial charge >= 0.3 is 0 Å². The number of thioether (sulfide) groups is 2. The van der Waals surface area contributed by atoms with Gasteiger partial charge in [0.1, 0.15) is 0 Å². The Balaban J connectivity index is 1.51. The Morgan fingerprint density at radius 2 is 2.43 bits per heavy atom. The Labute approximate surface area is 132 Å². The third-order valence-electron chi connectivity index (χ3n) is 4.28. The molecule has 0 saturated carbocycles. The molecule has 4 nitrogen and oxygen atoms in total. The van der Waals surface area contributed by atoms with E-state index in [1.54, 1.807) is 0 Å². The highest BCUT2D eigenvalue weighted by Crippen LogP contribution is 2.42. The van der Waals surface area contributed by atoms with Crippen LogP contribution in [0, 0.1) is 0 Å². The summed E-state index contributed by atoms with van der Waals surface area (Å²) in [7, 11) is 0. The van der Waals surface area contributed by atoms with E-state index in [0.29, 0.717) is 5.25 Å². The predicted molar refractivity (Wildman–Crippen MR) is 90.0 cm³/mol. The molecule has 4 rings (SSSR count). The topological polar surface area (TPSA) is 63.9 Å². The van der Waals surface area contributed by atoms with Crippen LogP contribution in [0.5, 0.6) is 0 Å². The van der Waals surface area contributed by atoms with Crippen molar-refractivity contribution < 1.29 is 4.74 Å². The number of hydrogen-bond donors (Lipinski definition) is 2. The maximum atomic E-state index is 6.09. The fraction of sp³-hybridized carbons (Fsp3) is 0.533. The minimum Gasteiger partial charge on any atom is -0.399 e. The van der Waals surface area contributed by atoms with Gasteiger partial charge in [-0.2, -0.15) is 11.8 Å². The van der Waals surface area contributed by atoms with E-state index in [0.717, 1.165) is 47.1 Å². The van der Waals surface area contributed by atoms with E-state index < -0.39 is 0 Å². The molecule has 1 aromatic heterocycles. The number of rotatable bonds is 2. The van der Waals surface area contributed by atoms with Crippen molar-refractivity contribution in [3.63, 3.8) is 0 Å². The number of H-pyrrole nitrogens is 1.